The molecule has 1 aliphatic rings. The topological polar surface area (TPSA) is 50.4 Å². The molecule has 0 aromatic heterocycles. The van der Waals surface area contributed by atoms with Gasteiger partial charge in [-0.05, 0) is 25.1 Å². The van der Waals surface area contributed by atoms with Gasteiger partial charge in [0.25, 0.3) is 0 Å². The van der Waals surface area contributed by atoms with Crippen molar-refractivity contribution in [3.05, 3.63) is 29.8 Å². The van der Waals surface area contributed by atoms with Crippen LogP contribution in [-0.4, -0.2) is 32.2 Å². The van der Waals surface area contributed by atoms with Crippen LogP contribution < -0.4 is 10.6 Å². The number of para-hydroxylation sites is 1. The van der Waals surface area contributed by atoms with Crippen LogP contribution in [-0.2, 0) is 16.0 Å². The lowest BCUT2D eigenvalue weighted by molar-refractivity contribution is -0.120. The lowest BCUT2D eigenvalue weighted by Crippen LogP contribution is -2.39. The van der Waals surface area contributed by atoms with E-state index < -0.39 is 0 Å². The van der Waals surface area contributed by atoms with Crippen LogP contribution in [0, 0.1) is 5.92 Å². The summed E-state index contributed by atoms with van der Waals surface area (Å²) in [5, 5.41) is 6.13. The van der Waals surface area contributed by atoms with E-state index in [1.54, 1.807) is 0 Å². The van der Waals surface area contributed by atoms with Gasteiger partial charge in [0.1, 0.15) is 0 Å². The van der Waals surface area contributed by atoms with E-state index in [1.165, 1.54) is 0 Å². The Balaban J connectivity index is 2.07. The molecule has 1 heterocycles. The summed E-state index contributed by atoms with van der Waals surface area (Å²) in [5.41, 5.74) is 2.07. The van der Waals surface area contributed by atoms with Crippen LogP contribution in [0.15, 0.2) is 24.3 Å². The zero-order valence-corrected chi connectivity index (χ0v) is 10.9. The van der Waals surface area contributed by atoms with Crippen molar-refractivity contribution in [3.8, 4) is 0 Å². The lowest BCUT2D eigenvalue weighted by atomic mass is 10.0. The molecule has 1 fully saturated rings. The predicted octanol–water partition coefficient (Wildman–Crippen LogP) is 1.42. The summed E-state index contributed by atoms with van der Waals surface area (Å²) in [6.45, 7) is 3.18. The van der Waals surface area contributed by atoms with E-state index in [9.17, 15) is 4.79 Å². The Kier molecular flexibility index (Phi) is 4.33. The molecule has 2 N–H and O–H groups in total. The molecule has 4 nitrogen and oxygen atoms in total. The molecule has 1 aliphatic heterocycles. The van der Waals surface area contributed by atoms with Crippen LogP contribution in [0.4, 0.5) is 5.69 Å². The fourth-order valence-electron chi connectivity index (χ4n) is 2.27. The first kappa shape index (κ1) is 13.1. The van der Waals surface area contributed by atoms with Gasteiger partial charge in [0.05, 0.1) is 19.1 Å². The van der Waals surface area contributed by atoms with Gasteiger partial charge >= 0.3 is 0 Å². The predicted molar refractivity (Wildman–Crippen MR) is 71.6 cm³/mol. The van der Waals surface area contributed by atoms with Crippen molar-refractivity contribution in [2.75, 3.05) is 25.6 Å². The zero-order valence-electron chi connectivity index (χ0n) is 10.9. The van der Waals surface area contributed by atoms with Crippen molar-refractivity contribution >= 4 is 11.6 Å². The van der Waals surface area contributed by atoms with Gasteiger partial charge in [0, 0.05) is 11.7 Å². The number of benzene rings is 1. The maximum atomic E-state index is 12.2. The van der Waals surface area contributed by atoms with Gasteiger partial charge in [-0.3, -0.25) is 4.79 Å². The highest BCUT2D eigenvalue weighted by atomic mass is 16.5. The Hall–Kier alpha value is -1.39. The molecular weight excluding hydrogens is 228 g/mol. The number of carbonyl (C=O) groups excluding carboxylic acids is 1. The normalized spacial score (nSPS) is 23.0. The highest BCUT2D eigenvalue weighted by Crippen LogP contribution is 2.19. The molecule has 1 amide bonds. The fraction of sp³-hybridized carbons (Fsp3) is 0.500. The first-order chi connectivity index (χ1) is 8.76. The Bertz CT molecular complexity index is 420. The minimum Gasteiger partial charge on any atom is -0.379 e. The third-order valence-corrected chi connectivity index (χ3v) is 3.44. The number of carbonyl (C=O) groups is 1. The molecule has 98 valence electrons. The van der Waals surface area contributed by atoms with Gasteiger partial charge < -0.3 is 15.4 Å². The van der Waals surface area contributed by atoms with Gasteiger partial charge in [0.2, 0.25) is 5.91 Å². The molecule has 0 bridgehead atoms. The summed E-state index contributed by atoms with van der Waals surface area (Å²) in [4.78, 5) is 12.2. The number of hydrogen-bond donors (Lipinski definition) is 2. The number of nitrogens with one attached hydrogen (secondary N) is 2. The maximum absolute atomic E-state index is 12.2. The molecule has 0 radical (unpaired) electrons. The fourth-order valence-corrected chi connectivity index (χ4v) is 2.27. The van der Waals surface area contributed by atoms with Crippen molar-refractivity contribution < 1.29 is 9.53 Å². The van der Waals surface area contributed by atoms with Crippen molar-refractivity contribution in [2.24, 2.45) is 5.92 Å². The molecule has 2 rings (SSSR count). The third-order valence-electron chi connectivity index (χ3n) is 3.44. The quantitative estimate of drug-likeness (QED) is 0.847. The van der Waals surface area contributed by atoms with Crippen molar-refractivity contribution in [3.63, 3.8) is 0 Å². The van der Waals surface area contributed by atoms with Crippen LogP contribution in [0.25, 0.3) is 0 Å². The second-order valence-electron chi connectivity index (χ2n) is 4.54. The second kappa shape index (κ2) is 5.98. The van der Waals surface area contributed by atoms with E-state index in [4.69, 9.17) is 4.74 Å². The molecule has 0 spiro atoms. The smallest absolute Gasteiger partial charge is 0.231 e. The minimum atomic E-state index is -0.111. The Morgan fingerprint density at radius 2 is 2.17 bits per heavy atom. The number of anilines is 1. The Morgan fingerprint density at radius 1 is 1.39 bits per heavy atom. The lowest BCUT2D eigenvalue weighted by Gasteiger charge is -2.17. The van der Waals surface area contributed by atoms with Crippen LogP contribution in [0.2, 0.25) is 0 Å². The molecule has 1 aromatic rings. The minimum absolute atomic E-state index is 0.0350. The molecule has 1 saturated heterocycles. The SMILES string of the molecule is CCc1ccccc1NC(=O)C1COCC1NC. The summed E-state index contributed by atoms with van der Waals surface area (Å²) in [7, 11) is 1.86. The highest BCUT2D eigenvalue weighted by molar-refractivity contribution is 5.94. The molecule has 4 heteroatoms. The van der Waals surface area contributed by atoms with Crippen LogP contribution >= 0.6 is 0 Å². The summed E-state index contributed by atoms with van der Waals surface area (Å²) in [6.07, 6.45) is 0.910. The zero-order chi connectivity index (χ0) is 13.0. The number of likely N-dealkylation sites (N-methyl/N-ethyl adjacent to an activating group) is 1. The van der Waals surface area contributed by atoms with E-state index in [0.717, 1.165) is 17.7 Å². The standard InChI is InChI=1S/C14H20N2O2/c1-3-10-6-4-5-7-12(10)16-14(17)11-8-18-9-13(11)15-2/h4-7,11,13,15H,3,8-9H2,1-2H3,(H,16,17). The number of ether oxygens (including phenoxy) is 1. The molecule has 2 unspecified atom stereocenters. The van der Waals surface area contributed by atoms with E-state index >= 15 is 0 Å². The summed E-state index contributed by atoms with van der Waals surface area (Å²) < 4.78 is 5.35. The molecule has 2 atom stereocenters. The van der Waals surface area contributed by atoms with Gasteiger partial charge in [-0.25, -0.2) is 0 Å². The van der Waals surface area contributed by atoms with Gasteiger partial charge in [-0.2, -0.15) is 0 Å². The Labute approximate surface area is 108 Å². The number of amides is 1. The summed E-state index contributed by atoms with van der Waals surface area (Å²) in [6, 6.07) is 8.02. The van der Waals surface area contributed by atoms with Gasteiger partial charge in [-0.15, -0.1) is 0 Å². The summed E-state index contributed by atoms with van der Waals surface area (Å²) in [5.74, 6) is -0.0762. The second-order valence-corrected chi connectivity index (χ2v) is 4.54. The van der Waals surface area contributed by atoms with Gasteiger partial charge in [-0.1, -0.05) is 25.1 Å². The number of aryl methyl sites for hydroxylation is 1. The average molecular weight is 248 g/mol. The number of rotatable bonds is 4. The molecule has 0 saturated carbocycles. The molecular formula is C14H20N2O2. The molecule has 1 aromatic carbocycles. The average Bonchev–Trinajstić information content (AvgIpc) is 2.87. The summed E-state index contributed by atoms with van der Waals surface area (Å²) >= 11 is 0. The Morgan fingerprint density at radius 3 is 2.89 bits per heavy atom. The first-order valence-corrected chi connectivity index (χ1v) is 6.40. The maximum Gasteiger partial charge on any atom is 0.231 e. The highest BCUT2D eigenvalue weighted by Gasteiger charge is 2.33. The largest absolute Gasteiger partial charge is 0.379 e. The third kappa shape index (κ3) is 2.71. The van der Waals surface area contributed by atoms with Crippen LogP contribution in [0.5, 0.6) is 0 Å². The monoisotopic (exact) mass is 248 g/mol. The van der Waals surface area contributed by atoms with Crippen LogP contribution in [0.3, 0.4) is 0 Å². The van der Waals surface area contributed by atoms with E-state index in [-0.39, 0.29) is 17.9 Å². The first-order valence-electron chi connectivity index (χ1n) is 6.40. The van der Waals surface area contributed by atoms with Crippen molar-refractivity contribution in [1.29, 1.82) is 0 Å². The number of hydrogen-bond acceptors (Lipinski definition) is 3. The van der Waals surface area contributed by atoms with E-state index in [0.29, 0.717) is 13.2 Å². The van der Waals surface area contributed by atoms with Crippen molar-refractivity contribution in [1.82, 2.24) is 5.32 Å². The molecule has 18 heavy (non-hydrogen) atoms. The van der Waals surface area contributed by atoms with Crippen LogP contribution in [0.1, 0.15) is 12.5 Å². The van der Waals surface area contributed by atoms with Crippen molar-refractivity contribution in [2.45, 2.75) is 19.4 Å². The van der Waals surface area contributed by atoms with E-state index in [1.807, 2.05) is 31.3 Å². The van der Waals surface area contributed by atoms with E-state index in [2.05, 4.69) is 17.6 Å². The molecule has 0 aliphatic carbocycles. The van der Waals surface area contributed by atoms with Gasteiger partial charge in [0.15, 0.2) is 0 Å².